The van der Waals surface area contributed by atoms with Crippen molar-refractivity contribution in [2.45, 2.75) is 62.7 Å². The first kappa shape index (κ1) is 11.0. The van der Waals surface area contributed by atoms with Gasteiger partial charge >= 0.3 is 0 Å². The summed E-state index contributed by atoms with van der Waals surface area (Å²) in [5.41, 5.74) is 6.13. The number of rotatable bonds is 4. The smallest absolute Gasteiger partial charge is 0.0620 e. The van der Waals surface area contributed by atoms with Gasteiger partial charge in [0, 0.05) is 31.3 Å². The van der Waals surface area contributed by atoms with E-state index in [0.717, 1.165) is 24.6 Å². The van der Waals surface area contributed by atoms with Gasteiger partial charge in [-0.05, 0) is 44.4 Å². The highest BCUT2D eigenvalue weighted by Crippen LogP contribution is 2.43. The third-order valence-corrected chi connectivity index (χ3v) is 4.71. The molecular weight excluding hydrogens is 200 g/mol. The fourth-order valence-corrected chi connectivity index (χ4v) is 3.91. The molecule has 0 amide bonds. The van der Waals surface area contributed by atoms with Crippen LogP contribution in [-0.2, 0) is 4.74 Å². The molecule has 2 bridgehead atoms. The van der Waals surface area contributed by atoms with Crippen molar-refractivity contribution in [2.24, 2.45) is 11.7 Å². The zero-order valence-corrected chi connectivity index (χ0v) is 10.3. The number of nitrogens with zero attached hydrogens (tertiary/aromatic N) is 1. The Morgan fingerprint density at radius 1 is 1.19 bits per heavy atom. The molecule has 0 aromatic rings. The van der Waals surface area contributed by atoms with Crippen LogP contribution < -0.4 is 5.73 Å². The van der Waals surface area contributed by atoms with Crippen molar-refractivity contribution in [1.29, 1.82) is 0 Å². The Hall–Kier alpha value is -0.120. The summed E-state index contributed by atoms with van der Waals surface area (Å²) in [6.45, 7) is 0.924. The SMILES string of the molecule is COCC(C1CC1)N1C2CCC1CC(N)C2. The predicted molar refractivity (Wildman–Crippen MR) is 64.2 cm³/mol. The first-order chi connectivity index (χ1) is 7.79. The highest BCUT2D eigenvalue weighted by molar-refractivity contribution is 5.02. The van der Waals surface area contributed by atoms with E-state index in [4.69, 9.17) is 10.5 Å². The van der Waals surface area contributed by atoms with Crippen molar-refractivity contribution in [1.82, 2.24) is 4.90 Å². The van der Waals surface area contributed by atoms with Gasteiger partial charge in [0.2, 0.25) is 0 Å². The molecule has 2 heterocycles. The lowest BCUT2D eigenvalue weighted by molar-refractivity contribution is 0.0192. The summed E-state index contributed by atoms with van der Waals surface area (Å²) in [6.07, 6.45) is 7.98. The Morgan fingerprint density at radius 2 is 1.81 bits per heavy atom. The number of piperidine rings is 1. The quantitative estimate of drug-likeness (QED) is 0.784. The molecule has 3 nitrogen and oxygen atoms in total. The maximum Gasteiger partial charge on any atom is 0.0620 e. The topological polar surface area (TPSA) is 38.5 Å². The lowest BCUT2D eigenvalue weighted by Gasteiger charge is -2.42. The van der Waals surface area contributed by atoms with Crippen molar-refractivity contribution >= 4 is 0 Å². The second kappa shape index (κ2) is 4.28. The first-order valence-corrected chi connectivity index (χ1v) is 6.81. The van der Waals surface area contributed by atoms with E-state index in [9.17, 15) is 0 Å². The maximum absolute atomic E-state index is 6.13. The van der Waals surface area contributed by atoms with Crippen LogP contribution in [0.25, 0.3) is 0 Å². The molecule has 0 radical (unpaired) electrons. The molecule has 2 saturated heterocycles. The minimum atomic E-state index is 0.455. The van der Waals surface area contributed by atoms with Gasteiger partial charge in [-0.15, -0.1) is 0 Å². The second-order valence-corrected chi connectivity index (χ2v) is 5.92. The molecular formula is C13H24N2O. The molecule has 3 heteroatoms. The molecule has 92 valence electrons. The predicted octanol–water partition coefficient (Wildman–Crippen LogP) is 1.37. The van der Waals surface area contributed by atoms with E-state index in [0.29, 0.717) is 12.1 Å². The molecule has 0 aromatic carbocycles. The van der Waals surface area contributed by atoms with Crippen molar-refractivity contribution < 1.29 is 4.74 Å². The summed E-state index contributed by atoms with van der Waals surface area (Å²) in [4.78, 5) is 2.78. The fourth-order valence-electron chi connectivity index (χ4n) is 3.91. The second-order valence-electron chi connectivity index (χ2n) is 5.92. The minimum Gasteiger partial charge on any atom is -0.383 e. The third-order valence-electron chi connectivity index (χ3n) is 4.71. The molecule has 0 aromatic heterocycles. The third kappa shape index (κ3) is 1.89. The standard InChI is InChI=1S/C13H24N2O/c1-16-8-13(9-2-3-9)15-11-4-5-12(15)7-10(14)6-11/h9-13H,2-8,14H2,1H3. The lowest BCUT2D eigenvalue weighted by atomic mass is 9.95. The largest absolute Gasteiger partial charge is 0.383 e. The summed E-state index contributed by atoms with van der Waals surface area (Å²) in [7, 11) is 1.84. The van der Waals surface area contributed by atoms with Gasteiger partial charge in [0.05, 0.1) is 6.61 Å². The van der Waals surface area contributed by atoms with Crippen LogP contribution in [0.5, 0.6) is 0 Å². The molecule has 3 atom stereocenters. The van der Waals surface area contributed by atoms with Gasteiger partial charge in [0.25, 0.3) is 0 Å². The highest BCUT2D eigenvalue weighted by Gasteiger charge is 2.47. The van der Waals surface area contributed by atoms with Gasteiger partial charge in [-0.1, -0.05) is 0 Å². The van der Waals surface area contributed by atoms with Gasteiger partial charge in [0.1, 0.15) is 0 Å². The van der Waals surface area contributed by atoms with Gasteiger partial charge in [-0.2, -0.15) is 0 Å². The average Bonchev–Trinajstić information content (AvgIpc) is 3.03. The molecule has 2 aliphatic heterocycles. The highest BCUT2D eigenvalue weighted by atomic mass is 16.5. The van der Waals surface area contributed by atoms with E-state index in [1.165, 1.54) is 38.5 Å². The van der Waals surface area contributed by atoms with Crippen LogP contribution in [0.3, 0.4) is 0 Å². The van der Waals surface area contributed by atoms with Crippen molar-refractivity contribution in [3.63, 3.8) is 0 Å². The lowest BCUT2D eigenvalue weighted by Crippen LogP contribution is -2.54. The van der Waals surface area contributed by atoms with Crippen LogP contribution in [0.4, 0.5) is 0 Å². The number of nitrogens with two attached hydrogens (primary N) is 1. The van der Waals surface area contributed by atoms with Crippen molar-refractivity contribution in [3.05, 3.63) is 0 Å². The molecule has 2 N–H and O–H groups in total. The Morgan fingerprint density at radius 3 is 2.31 bits per heavy atom. The van der Waals surface area contributed by atoms with E-state index < -0.39 is 0 Å². The van der Waals surface area contributed by atoms with Crippen molar-refractivity contribution in [3.8, 4) is 0 Å². The average molecular weight is 224 g/mol. The van der Waals surface area contributed by atoms with Crippen LogP contribution in [0.2, 0.25) is 0 Å². The van der Waals surface area contributed by atoms with Crippen LogP contribution in [-0.4, -0.2) is 42.8 Å². The van der Waals surface area contributed by atoms with Crippen LogP contribution in [0, 0.1) is 5.92 Å². The molecule has 3 fully saturated rings. The molecule has 1 saturated carbocycles. The number of hydrogen-bond donors (Lipinski definition) is 1. The zero-order valence-electron chi connectivity index (χ0n) is 10.3. The summed E-state index contributed by atoms with van der Waals surface area (Å²) < 4.78 is 5.44. The number of fused-ring (bicyclic) bond motifs is 2. The Kier molecular flexibility index (Phi) is 2.94. The molecule has 3 aliphatic rings. The minimum absolute atomic E-state index is 0.455. The Labute approximate surface area is 98.3 Å². The van der Waals surface area contributed by atoms with E-state index in [2.05, 4.69) is 4.90 Å². The summed E-state index contributed by atoms with van der Waals surface area (Å²) in [5.74, 6) is 0.914. The van der Waals surface area contributed by atoms with Crippen molar-refractivity contribution in [2.75, 3.05) is 13.7 Å². The summed E-state index contributed by atoms with van der Waals surface area (Å²) in [6, 6.07) is 2.66. The Bertz CT molecular complexity index is 240. The normalized spacial score (nSPS) is 41.2. The number of methoxy groups -OCH3 is 1. The van der Waals surface area contributed by atoms with Crippen LogP contribution >= 0.6 is 0 Å². The van der Waals surface area contributed by atoms with Gasteiger partial charge in [-0.25, -0.2) is 0 Å². The van der Waals surface area contributed by atoms with Gasteiger partial charge in [0.15, 0.2) is 0 Å². The monoisotopic (exact) mass is 224 g/mol. The zero-order chi connectivity index (χ0) is 11.1. The fraction of sp³-hybridized carbons (Fsp3) is 1.00. The summed E-state index contributed by atoms with van der Waals surface area (Å²) >= 11 is 0. The maximum atomic E-state index is 6.13. The van der Waals surface area contributed by atoms with E-state index >= 15 is 0 Å². The first-order valence-electron chi connectivity index (χ1n) is 6.81. The van der Waals surface area contributed by atoms with E-state index in [-0.39, 0.29) is 0 Å². The van der Waals surface area contributed by atoms with Crippen LogP contribution in [0.1, 0.15) is 38.5 Å². The van der Waals surface area contributed by atoms with Gasteiger partial charge < -0.3 is 10.5 Å². The summed E-state index contributed by atoms with van der Waals surface area (Å²) in [5, 5.41) is 0. The van der Waals surface area contributed by atoms with E-state index in [1.54, 1.807) is 0 Å². The molecule has 1 aliphatic carbocycles. The molecule has 3 rings (SSSR count). The number of ether oxygens (including phenoxy) is 1. The van der Waals surface area contributed by atoms with E-state index in [1.807, 2.05) is 7.11 Å². The number of hydrogen-bond acceptors (Lipinski definition) is 3. The Balaban J connectivity index is 1.72. The molecule has 0 spiro atoms. The van der Waals surface area contributed by atoms with Crippen LogP contribution in [0.15, 0.2) is 0 Å². The van der Waals surface area contributed by atoms with Gasteiger partial charge in [-0.3, -0.25) is 4.90 Å². The molecule has 16 heavy (non-hydrogen) atoms. The molecule has 3 unspecified atom stereocenters.